The number of hydrogen-bond donors (Lipinski definition) is 0. The van der Waals surface area contributed by atoms with Crippen molar-refractivity contribution in [3.05, 3.63) is 0 Å². The molecule has 1 aliphatic carbocycles. The second-order valence-electron chi connectivity index (χ2n) is 1.68. The first kappa shape index (κ1) is 50.1. The molecule has 0 radical (unpaired) electrons. The Morgan fingerprint density at radius 3 is 0.400 bits per heavy atom. The normalized spacial score (nSPS) is 7.65. The molecule has 1 rings (SSSR count). The molecule has 1 aliphatic rings. The van der Waals surface area contributed by atoms with Crippen molar-refractivity contribution in [1.82, 2.24) is 0 Å². The second kappa shape index (κ2) is 246. The van der Waals surface area contributed by atoms with Gasteiger partial charge in [0, 0.05) is 0 Å². The highest BCUT2D eigenvalue weighted by atomic mass is 14.2. The predicted molar refractivity (Wildman–Crippen MR) is 109 cm³/mol. The molecule has 0 heteroatoms. The molecule has 0 N–H and O–H groups in total. The van der Waals surface area contributed by atoms with Crippen LogP contribution in [-0.2, 0) is 0 Å². The van der Waals surface area contributed by atoms with Crippen molar-refractivity contribution in [1.29, 1.82) is 0 Å². The highest BCUT2D eigenvalue weighted by molar-refractivity contribution is 4.65. The highest BCUT2D eigenvalue weighted by Gasteiger charge is 2.12. The molecule has 0 nitrogen and oxygen atoms in total. The summed E-state index contributed by atoms with van der Waals surface area (Å²) in [6, 6.07) is 0. The summed E-state index contributed by atoms with van der Waals surface area (Å²) in [4.78, 5) is 0. The molecule has 0 aromatic heterocycles. The van der Waals surface area contributed by atoms with Crippen molar-refractivity contribution in [2.45, 2.75) is 131 Å². The van der Waals surface area contributed by atoms with Crippen LogP contribution in [0, 0.1) is 5.92 Å². The lowest BCUT2D eigenvalue weighted by Gasteiger charge is -1.53. The molecule has 20 heavy (non-hydrogen) atoms. The average molecular weight is 297 g/mol. The first-order valence-electron chi connectivity index (χ1n) is 9.89. The summed E-state index contributed by atoms with van der Waals surface area (Å²) in [5, 5.41) is 0. The molecular weight excluding hydrogens is 240 g/mol. The fourth-order valence-corrected chi connectivity index (χ4v) is 0.167. The van der Waals surface area contributed by atoms with Crippen molar-refractivity contribution in [2.24, 2.45) is 5.92 Å². The van der Waals surface area contributed by atoms with Crippen molar-refractivity contribution >= 4 is 0 Å². The Bertz CT molecular complexity index is 19.2. The summed E-state index contributed by atoms with van der Waals surface area (Å²) in [7, 11) is 0. The molecule has 0 saturated heterocycles. The standard InChI is InChI=1S/C4H8.8C2H6/c1-4-2-3-4;8*1-2/h4H,2-3H2,1H3;8*1-2H3. The van der Waals surface area contributed by atoms with Gasteiger partial charge in [-0.25, -0.2) is 0 Å². The van der Waals surface area contributed by atoms with E-state index in [1.165, 1.54) is 12.8 Å². The van der Waals surface area contributed by atoms with Gasteiger partial charge in [-0.05, 0) is 5.92 Å². The zero-order valence-corrected chi connectivity index (χ0v) is 19.0. The highest BCUT2D eigenvalue weighted by Crippen LogP contribution is 2.26. The van der Waals surface area contributed by atoms with E-state index in [0.717, 1.165) is 5.92 Å². The molecule has 0 aromatic rings. The predicted octanol–water partition coefficient (Wildman–Crippen LogP) is 9.63. The van der Waals surface area contributed by atoms with Gasteiger partial charge < -0.3 is 0 Å². The van der Waals surface area contributed by atoms with Crippen LogP contribution in [0.1, 0.15) is 131 Å². The molecule has 0 atom stereocenters. The number of hydrogen-bond acceptors (Lipinski definition) is 0. The Morgan fingerprint density at radius 1 is 0.350 bits per heavy atom. The summed E-state index contributed by atoms with van der Waals surface area (Å²) >= 11 is 0. The van der Waals surface area contributed by atoms with Gasteiger partial charge in [0.15, 0.2) is 0 Å². The van der Waals surface area contributed by atoms with E-state index in [1.807, 2.05) is 111 Å². The molecule has 0 spiro atoms. The van der Waals surface area contributed by atoms with Gasteiger partial charge in [0.05, 0.1) is 0 Å². The molecule has 1 saturated carbocycles. The summed E-state index contributed by atoms with van der Waals surface area (Å²) in [6.07, 6.45) is 2.97. The van der Waals surface area contributed by atoms with Crippen LogP contribution in [0.15, 0.2) is 0 Å². The van der Waals surface area contributed by atoms with Crippen LogP contribution in [0.3, 0.4) is 0 Å². The first-order chi connectivity index (χ1) is 9.89. The minimum atomic E-state index is 1.08. The minimum Gasteiger partial charge on any atom is -0.0683 e. The van der Waals surface area contributed by atoms with E-state index in [2.05, 4.69) is 6.92 Å². The van der Waals surface area contributed by atoms with Gasteiger partial charge in [-0.15, -0.1) is 0 Å². The Morgan fingerprint density at radius 2 is 0.400 bits per heavy atom. The molecule has 0 aromatic carbocycles. The molecule has 136 valence electrons. The van der Waals surface area contributed by atoms with E-state index in [4.69, 9.17) is 0 Å². The SMILES string of the molecule is CC.CC.CC.CC.CC.CC.CC.CC.CC1CC1. The van der Waals surface area contributed by atoms with Gasteiger partial charge >= 0.3 is 0 Å². The molecule has 0 unspecified atom stereocenters. The van der Waals surface area contributed by atoms with Crippen molar-refractivity contribution in [3.8, 4) is 0 Å². The zero-order valence-electron chi connectivity index (χ0n) is 19.0. The van der Waals surface area contributed by atoms with Gasteiger partial charge in [0.2, 0.25) is 0 Å². The maximum atomic E-state index is 2.28. The Labute approximate surface area is 137 Å². The van der Waals surface area contributed by atoms with E-state index in [9.17, 15) is 0 Å². The molecular formula is C20H56. The molecule has 0 amide bonds. The lowest BCUT2D eigenvalue weighted by Crippen LogP contribution is -1.42. The first-order valence-corrected chi connectivity index (χ1v) is 9.89. The number of rotatable bonds is 0. The molecule has 0 aliphatic heterocycles. The Kier molecular flexibility index (Phi) is 617. The van der Waals surface area contributed by atoms with Gasteiger partial charge in [-0.2, -0.15) is 0 Å². The van der Waals surface area contributed by atoms with E-state index in [-0.39, 0.29) is 0 Å². The van der Waals surface area contributed by atoms with Gasteiger partial charge in [0.1, 0.15) is 0 Å². The fraction of sp³-hybridized carbons (Fsp3) is 1.00. The van der Waals surface area contributed by atoms with Crippen molar-refractivity contribution in [2.75, 3.05) is 0 Å². The van der Waals surface area contributed by atoms with Crippen LogP contribution in [0.4, 0.5) is 0 Å². The van der Waals surface area contributed by atoms with E-state index < -0.39 is 0 Å². The Hall–Kier alpha value is 0. The Balaban J connectivity index is -0.0000000139. The maximum Gasteiger partial charge on any atom is -0.0443 e. The monoisotopic (exact) mass is 296 g/mol. The second-order valence-corrected chi connectivity index (χ2v) is 1.68. The van der Waals surface area contributed by atoms with Crippen LogP contribution in [0.5, 0.6) is 0 Å². The van der Waals surface area contributed by atoms with Crippen molar-refractivity contribution in [3.63, 3.8) is 0 Å². The summed E-state index contributed by atoms with van der Waals surface area (Å²) < 4.78 is 0. The maximum absolute atomic E-state index is 2.28. The van der Waals surface area contributed by atoms with Crippen LogP contribution in [-0.4, -0.2) is 0 Å². The van der Waals surface area contributed by atoms with Crippen molar-refractivity contribution < 1.29 is 0 Å². The minimum absolute atomic E-state index is 1.08. The third-order valence-electron chi connectivity index (χ3n) is 0.866. The summed E-state index contributed by atoms with van der Waals surface area (Å²) in [5.41, 5.74) is 0. The lowest BCUT2D eigenvalue weighted by molar-refractivity contribution is 0.983. The van der Waals surface area contributed by atoms with Crippen LogP contribution < -0.4 is 0 Å². The van der Waals surface area contributed by atoms with Crippen LogP contribution >= 0.6 is 0 Å². The topological polar surface area (TPSA) is 0 Å². The quantitative estimate of drug-likeness (QED) is 0.417. The molecule has 1 fully saturated rings. The summed E-state index contributed by atoms with van der Waals surface area (Å²) in [5.74, 6) is 1.08. The van der Waals surface area contributed by atoms with Gasteiger partial charge in [-0.3, -0.25) is 0 Å². The third-order valence-corrected chi connectivity index (χ3v) is 0.866. The fourth-order valence-electron chi connectivity index (χ4n) is 0.167. The van der Waals surface area contributed by atoms with E-state index >= 15 is 0 Å². The van der Waals surface area contributed by atoms with Gasteiger partial charge in [0.25, 0.3) is 0 Å². The van der Waals surface area contributed by atoms with E-state index in [0.29, 0.717) is 0 Å². The van der Waals surface area contributed by atoms with Crippen LogP contribution in [0.2, 0.25) is 0 Å². The average Bonchev–Trinajstić information content (AvgIpc) is 3.44. The third kappa shape index (κ3) is 578. The largest absolute Gasteiger partial charge is 0.0683 e. The van der Waals surface area contributed by atoms with Crippen LogP contribution in [0.25, 0.3) is 0 Å². The molecule has 0 bridgehead atoms. The zero-order chi connectivity index (χ0) is 19.0. The smallest absolute Gasteiger partial charge is 0.0443 e. The van der Waals surface area contributed by atoms with E-state index in [1.54, 1.807) is 0 Å². The lowest BCUT2D eigenvalue weighted by atomic mass is 10.5. The summed E-state index contributed by atoms with van der Waals surface area (Å²) in [6.45, 7) is 34.3. The molecule has 0 heterocycles. The van der Waals surface area contributed by atoms with Gasteiger partial charge in [-0.1, -0.05) is 131 Å².